The fourth-order valence-electron chi connectivity index (χ4n) is 2.04. The van der Waals surface area contributed by atoms with Gasteiger partial charge in [0.25, 0.3) is 0 Å². The maximum absolute atomic E-state index is 9.89. The number of anilines is 1. The lowest BCUT2D eigenvalue weighted by molar-refractivity contribution is 0.413. The largest absolute Gasteiger partial charge is 0.508 e. The van der Waals surface area contributed by atoms with Crippen molar-refractivity contribution in [2.75, 3.05) is 12.4 Å². The van der Waals surface area contributed by atoms with E-state index in [1.165, 1.54) is 0 Å². The fourth-order valence-corrected chi connectivity index (χ4v) is 3.01. The molecule has 0 aliphatic rings. The zero-order chi connectivity index (χ0) is 14.7. The van der Waals surface area contributed by atoms with Crippen LogP contribution in [0.1, 0.15) is 18.5 Å². The van der Waals surface area contributed by atoms with Crippen LogP contribution >= 0.6 is 27.5 Å². The van der Waals surface area contributed by atoms with Crippen LogP contribution in [-0.4, -0.2) is 12.2 Å². The summed E-state index contributed by atoms with van der Waals surface area (Å²) in [6.45, 7) is 1.96. The molecular weight excluding hydrogens is 342 g/mol. The lowest BCUT2D eigenvalue weighted by Crippen LogP contribution is -2.08. The number of para-hydroxylation sites is 1. The summed E-state index contributed by atoms with van der Waals surface area (Å²) in [4.78, 5) is 0. The van der Waals surface area contributed by atoms with Gasteiger partial charge in [0.15, 0.2) is 5.75 Å². The molecule has 0 aliphatic carbocycles. The van der Waals surface area contributed by atoms with Crippen LogP contribution < -0.4 is 10.1 Å². The Balaban J connectivity index is 2.33. The SMILES string of the molecule is COc1c(Br)cc(Cl)cc1NC(C)c1ccccc1O. The van der Waals surface area contributed by atoms with E-state index in [1.54, 1.807) is 31.4 Å². The van der Waals surface area contributed by atoms with Crippen molar-refractivity contribution < 1.29 is 9.84 Å². The molecule has 0 heterocycles. The van der Waals surface area contributed by atoms with E-state index in [2.05, 4.69) is 21.2 Å². The molecule has 0 fully saturated rings. The second-order valence-corrected chi connectivity index (χ2v) is 5.68. The highest BCUT2D eigenvalue weighted by Crippen LogP contribution is 2.38. The zero-order valence-electron chi connectivity index (χ0n) is 11.2. The Morgan fingerprint density at radius 3 is 2.65 bits per heavy atom. The highest BCUT2D eigenvalue weighted by atomic mass is 79.9. The molecule has 1 unspecified atom stereocenters. The van der Waals surface area contributed by atoms with Crippen LogP contribution in [0.15, 0.2) is 40.9 Å². The Morgan fingerprint density at radius 2 is 2.00 bits per heavy atom. The third-order valence-corrected chi connectivity index (χ3v) is 3.80. The number of phenolic OH excluding ortho intramolecular Hbond substituents is 1. The third-order valence-electron chi connectivity index (χ3n) is 2.99. The minimum atomic E-state index is -0.0875. The summed E-state index contributed by atoms with van der Waals surface area (Å²) in [7, 11) is 1.60. The number of ether oxygens (including phenoxy) is 1. The van der Waals surface area contributed by atoms with Crippen LogP contribution in [0.25, 0.3) is 0 Å². The Hall–Kier alpha value is -1.39. The first kappa shape index (κ1) is 15.0. The van der Waals surface area contributed by atoms with E-state index >= 15 is 0 Å². The lowest BCUT2D eigenvalue weighted by Gasteiger charge is -2.19. The van der Waals surface area contributed by atoms with E-state index in [4.69, 9.17) is 16.3 Å². The van der Waals surface area contributed by atoms with Crippen molar-refractivity contribution in [1.82, 2.24) is 0 Å². The number of rotatable bonds is 4. The van der Waals surface area contributed by atoms with Crippen molar-refractivity contribution in [2.45, 2.75) is 13.0 Å². The van der Waals surface area contributed by atoms with Gasteiger partial charge in [-0.2, -0.15) is 0 Å². The number of hydrogen-bond acceptors (Lipinski definition) is 3. The minimum absolute atomic E-state index is 0.0875. The molecule has 0 saturated heterocycles. The molecule has 106 valence electrons. The van der Waals surface area contributed by atoms with Gasteiger partial charge in [-0.15, -0.1) is 0 Å². The molecular formula is C15H15BrClNO2. The molecule has 0 saturated carbocycles. The van der Waals surface area contributed by atoms with Gasteiger partial charge in [0, 0.05) is 10.6 Å². The van der Waals surface area contributed by atoms with E-state index in [0.717, 1.165) is 15.7 Å². The van der Waals surface area contributed by atoms with Crippen LogP contribution in [0.3, 0.4) is 0 Å². The topological polar surface area (TPSA) is 41.5 Å². The first-order valence-electron chi connectivity index (χ1n) is 6.10. The number of halogens is 2. The molecule has 0 bridgehead atoms. The quantitative estimate of drug-likeness (QED) is 0.811. The number of phenols is 1. The fraction of sp³-hybridized carbons (Fsp3) is 0.200. The second kappa shape index (κ2) is 6.37. The molecule has 5 heteroatoms. The number of hydrogen-bond donors (Lipinski definition) is 2. The lowest BCUT2D eigenvalue weighted by atomic mass is 10.1. The van der Waals surface area contributed by atoms with Gasteiger partial charge in [-0.1, -0.05) is 29.8 Å². The van der Waals surface area contributed by atoms with Crippen LogP contribution in [0, 0.1) is 0 Å². The average molecular weight is 357 g/mol. The van der Waals surface area contributed by atoms with E-state index in [0.29, 0.717) is 10.8 Å². The van der Waals surface area contributed by atoms with E-state index in [-0.39, 0.29) is 11.8 Å². The van der Waals surface area contributed by atoms with Gasteiger partial charge in [0.1, 0.15) is 5.75 Å². The summed E-state index contributed by atoms with van der Waals surface area (Å²) in [6, 6.07) is 10.7. The highest BCUT2D eigenvalue weighted by Gasteiger charge is 2.14. The molecule has 0 amide bonds. The van der Waals surface area contributed by atoms with Crippen molar-refractivity contribution in [1.29, 1.82) is 0 Å². The van der Waals surface area contributed by atoms with Crippen molar-refractivity contribution in [3.05, 3.63) is 51.5 Å². The van der Waals surface area contributed by atoms with Crippen LogP contribution in [0.2, 0.25) is 5.02 Å². The van der Waals surface area contributed by atoms with Gasteiger partial charge >= 0.3 is 0 Å². The second-order valence-electron chi connectivity index (χ2n) is 4.39. The molecule has 1 atom stereocenters. The van der Waals surface area contributed by atoms with Crippen molar-refractivity contribution >= 4 is 33.2 Å². The summed E-state index contributed by atoms with van der Waals surface area (Å²) < 4.78 is 6.14. The summed E-state index contributed by atoms with van der Waals surface area (Å²) >= 11 is 9.48. The standard InChI is InChI=1S/C15H15BrClNO2/c1-9(11-5-3-4-6-14(11)19)18-13-8-10(17)7-12(16)15(13)20-2/h3-9,18-19H,1-2H3. The summed E-state index contributed by atoms with van der Waals surface area (Å²) in [5, 5.41) is 13.8. The Kier molecular flexibility index (Phi) is 4.78. The van der Waals surface area contributed by atoms with E-state index in [1.807, 2.05) is 19.1 Å². The average Bonchev–Trinajstić information content (AvgIpc) is 2.38. The van der Waals surface area contributed by atoms with Gasteiger partial charge in [0.05, 0.1) is 23.3 Å². The number of benzene rings is 2. The first-order chi connectivity index (χ1) is 9.52. The molecule has 2 aromatic carbocycles. The zero-order valence-corrected chi connectivity index (χ0v) is 13.5. The molecule has 0 radical (unpaired) electrons. The molecule has 2 N–H and O–H groups in total. The summed E-state index contributed by atoms with van der Waals surface area (Å²) in [5.41, 5.74) is 1.58. The van der Waals surface area contributed by atoms with Gasteiger partial charge in [-0.3, -0.25) is 0 Å². The van der Waals surface area contributed by atoms with Gasteiger partial charge in [0.2, 0.25) is 0 Å². The summed E-state index contributed by atoms with van der Waals surface area (Å²) in [6.07, 6.45) is 0. The van der Waals surface area contributed by atoms with Gasteiger partial charge < -0.3 is 15.2 Å². The predicted molar refractivity (Wildman–Crippen MR) is 85.8 cm³/mol. The highest BCUT2D eigenvalue weighted by molar-refractivity contribution is 9.10. The minimum Gasteiger partial charge on any atom is -0.508 e. The predicted octanol–water partition coefficient (Wildman–Crippen LogP) is 4.99. The van der Waals surface area contributed by atoms with Crippen LogP contribution in [0.5, 0.6) is 11.5 Å². The molecule has 0 spiro atoms. The molecule has 20 heavy (non-hydrogen) atoms. The van der Waals surface area contributed by atoms with Crippen molar-refractivity contribution in [2.24, 2.45) is 0 Å². The van der Waals surface area contributed by atoms with E-state index in [9.17, 15) is 5.11 Å². The Morgan fingerprint density at radius 1 is 1.30 bits per heavy atom. The maximum Gasteiger partial charge on any atom is 0.156 e. The van der Waals surface area contributed by atoms with E-state index < -0.39 is 0 Å². The van der Waals surface area contributed by atoms with Crippen molar-refractivity contribution in [3.8, 4) is 11.5 Å². The van der Waals surface area contributed by atoms with Crippen LogP contribution in [-0.2, 0) is 0 Å². The molecule has 3 nitrogen and oxygen atoms in total. The molecule has 0 aromatic heterocycles. The number of nitrogens with one attached hydrogen (secondary N) is 1. The van der Waals surface area contributed by atoms with Crippen LogP contribution in [0.4, 0.5) is 5.69 Å². The first-order valence-corrected chi connectivity index (χ1v) is 7.27. The smallest absolute Gasteiger partial charge is 0.156 e. The summed E-state index contributed by atoms with van der Waals surface area (Å²) in [5.74, 6) is 0.934. The maximum atomic E-state index is 9.89. The number of methoxy groups -OCH3 is 1. The third kappa shape index (κ3) is 3.19. The molecule has 2 rings (SSSR count). The molecule has 2 aromatic rings. The Bertz CT molecular complexity index is 619. The van der Waals surface area contributed by atoms with Gasteiger partial charge in [-0.25, -0.2) is 0 Å². The normalized spacial score (nSPS) is 12.0. The van der Waals surface area contributed by atoms with Gasteiger partial charge in [-0.05, 0) is 41.1 Å². The van der Waals surface area contributed by atoms with Crippen molar-refractivity contribution in [3.63, 3.8) is 0 Å². The monoisotopic (exact) mass is 355 g/mol. The number of aromatic hydroxyl groups is 1. The Labute approximate surface area is 131 Å². The molecule has 0 aliphatic heterocycles.